The minimum absolute atomic E-state index is 0.201. The lowest BCUT2D eigenvalue weighted by Crippen LogP contribution is -2.41. The number of aryl methyl sites for hydroxylation is 1. The number of benzene rings is 1. The highest BCUT2D eigenvalue weighted by molar-refractivity contribution is 6.55. The summed E-state index contributed by atoms with van der Waals surface area (Å²) in [5.74, 6) is -0.201. The smallest absolute Gasteiger partial charge is 0.400 e. The van der Waals surface area contributed by atoms with Crippen LogP contribution in [0.4, 0.5) is 4.39 Å². The van der Waals surface area contributed by atoms with E-state index in [9.17, 15) is 4.39 Å². The first-order valence-electron chi connectivity index (χ1n) is 7.64. The van der Waals surface area contributed by atoms with Gasteiger partial charge in [0.15, 0.2) is 0 Å². The van der Waals surface area contributed by atoms with Gasteiger partial charge < -0.3 is 14.6 Å². The van der Waals surface area contributed by atoms with Crippen molar-refractivity contribution < 1.29 is 13.7 Å². The molecule has 0 aliphatic carbocycles. The van der Waals surface area contributed by atoms with Crippen molar-refractivity contribution in [3.8, 4) is 0 Å². The van der Waals surface area contributed by atoms with Gasteiger partial charge in [-0.2, -0.15) is 0 Å². The normalized spacial score (nSPS) is 20.5. The maximum atomic E-state index is 14.2. The van der Waals surface area contributed by atoms with Gasteiger partial charge in [0.05, 0.1) is 11.2 Å². The van der Waals surface area contributed by atoms with Crippen LogP contribution in [0, 0.1) is 12.7 Å². The minimum Gasteiger partial charge on any atom is -0.400 e. The Kier molecular flexibility index (Phi) is 4.80. The summed E-state index contributed by atoms with van der Waals surface area (Å²) in [4.78, 5) is 0. The van der Waals surface area contributed by atoms with E-state index in [0.717, 1.165) is 5.47 Å². The molecular weight excluding hydrogens is 280 g/mol. The summed E-state index contributed by atoms with van der Waals surface area (Å²) in [5.41, 5.74) is 1.25. The molecule has 1 fully saturated rings. The largest absolute Gasteiger partial charge is 0.491 e. The monoisotopic (exact) mass is 305 g/mol. The molecule has 0 amide bonds. The molecule has 1 N–H and O–H groups in total. The molecule has 3 nitrogen and oxygen atoms in total. The maximum Gasteiger partial charge on any atom is 0.491 e. The van der Waals surface area contributed by atoms with E-state index < -0.39 is 18.3 Å². The van der Waals surface area contributed by atoms with Crippen molar-refractivity contribution in [2.45, 2.75) is 45.8 Å². The van der Waals surface area contributed by atoms with Crippen LogP contribution >= 0.6 is 0 Å². The van der Waals surface area contributed by atoms with E-state index >= 15 is 0 Å². The van der Waals surface area contributed by atoms with Crippen LogP contribution < -0.4 is 5.32 Å². The number of halogens is 1. The van der Waals surface area contributed by atoms with Gasteiger partial charge in [-0.05, 0) is 52.7 Å². The van der Waals surface area contributed by atoms with Gasteiger partial charge in [0.1, 0.15) is 5.82 Å². The summed E-state index contributed by atoms with van der Waals surface area (Å²) in [6, 6.07) is 5.38. The summed E-state index contributed by atoms with van der Waals surface area (Å²) >= 11 is 0. The molecule has 0 spiro atoms. The fraction of sp³-hybridized carbons (Fsp3) is 0.529. The van der Waals surface area contributed by atoms with Crippen molar-refractivity contribution in [2.24, 2.45) is 0 Å². The average molecular weight is 305 g/mol. The molecule has 1 saturated heterocycles. The third kappa shape index (κ3) is 3.27. The Morgan fingerprint density at radius 3 is 2.36 bits per heavy atom. The zero-order valence-corrected chi connectivity index (χ0v) is 14.3. The molecule has 1 heterocycles. The van der Waals surface area contributed by atoms with Crippen LogP contribution in [0.25, 0.3) is 6.08 Å². The lowest BCUT2D eigenvalue weighted by atomic mass is 9.77. The van der Waals surface area contributed by atoms with E-state index in [1.54, 1.807) is 19.1 Å². The predicted molar refractivity (Wildman–Crippen MR) is 89.1 cm³/mol. The first kappa shape index (κ1) is 17.2. The highest BCUT2D eigenvalue weighted by atomic mass is 19.1. The standard InChI is InChI=1S/C17H25BFNO2/c1-12-8-7-9-13(15(12)19)10-14(11-20-6)18-21-16(2,3)17(4,5)22-18/h7-10,20H,11H2,1-6H3. The van der Waals surface area contributed by atoms with Crippen LogP contribution in [0.15, 0.2) is 23.7 Å². The zero-order valence-electron chi connectivity index (χ0n) is 14.3. The highest BCUT2D eigenvalue weighted by Gasteiger charge is 2.52. The molecule has 0 radical (unpaired) electrons. The molecule has 0 unspecified atom stereocenters. The Morgan fingerprint density at radius 1 is 1.23 bits per heavy atom. The summed E-state index contributed by atoms with van der Waals surface area (Å²) in [5, 5.41) is 3.10. The van der Waals surface area contributed by atoms with Gasteiger partial charge in [0.2, 0.25) is 0 Å². The minimum atomic E-state index is -0.475. The molecule has 1 aliphatic heterocycles. The second-order valence-corrected chi connectivity index (χ2v) is 6.82. The SMILES string of the molecule is CNCC(=Cc1cccc(C)c1F)B1OC(C)(C)C(C)(C)O1. The average Bonchev–Trinajstić information content (AvgIpc) is 2.63. The zero-order chi connectivity index (χ0) is 16.5. The van der Waals surface area contributed by atoms with Crippen molar-refractivity contribution in [3.63, 3.8) is 0 Å². The molecule has 1 aliphatic rings. The maximum absolute atomic E-state index is 14.2. The Labute approximate surface area is 133 Å². The summed E-state index contributed by atoms with van der Waals surface area (Å²) in [7, 11) is 1.38. The molecular formula is C17H25BFNO2. The van der Waals surface area contributed by atoms with E-state index in [0.29, 0.717) is 17.7 Å². The molecule has 0 saturated carbocycles. The van der Waals surface area contributed by atoms with Crippen molar-refractivity contribution in [2.75, 3.05) is 13.6 Å². The van der Waals surface area contributed by atoms with Gasteiger partial charge in [-0.3, -0.25) is 0 Å². The molecule has 0 bridgehead atoms. The van der Waals surface area contributed by atoms with Crippen molar-refractivity contribution in [1.82, 2.24) is 5.32 Å². The molecule has 0 aromatic heterocycles. The molecule has 2 rings (SSSR count). The van der Waals surface area contributed by atoms with E-state index in [4.69, 9.17) is 9.31 Å². The first-order valence-corrected chi connectivity index (χ1v) is 7.64. The number of likely N-dealkylation sites (N-methyl/N-ethyl adjacent to an activating group) is 1. The molecule has 1 aromatic carbocycles. The first-order chi connectivity index (χ1) is 10.2. The number of rotatable bonds is 4. The predicted octanol–water partition coefficient (Wildman–Crippen LogP) is 3.37. The number of nitrogens with one attached hydrogen (secondary N) is 1. The number of hydrogen-bond donors (Lipinski definition) is 1. The topological polar surface area (TPSA) is 30.5 Å². The lowest BCUT2D eigenvalue weighted by molar-refractivity contribution is 0.00578. The number of hydrogen-bond acceptors (Lipinski definition) is 3. The highest BCUT2D eigenvalue weighted by Crippen LogP contribution is 2.38. The van der Waals surface area contributed by atoms with Crippen LogP contribution in [0.1, 0.15) is 38.8 Å². The summed E-state index contributed by atoms with van der Waals surface area (Å²) in [6.07, 6.45) is 1.82. The lowest BCUT2D eigenvalue weighted by Gasteiger charge is -2.32. The van der Waals surface area contributed by atoms with Gasteiger partial charge in [0.25, 0.3) is 0 Å². The van der Waals surface area contributed by atoms with Crippen LogP contribution in [0.5, 0.6) is 0 Å². The van der Waals surface area contributed by atoms with Crippen molar-refractivity contribution >= 4 is 13.2 Å². The molecule has 5 heteroatoms. The quantitative estimate of drug-likeness (QED) is 0.865. The summed E-state index contributed by atoms with van der Waals surface area (Å²) in [6.45, 7) is 10.4. The van der Waals surface area contributed by atoms with Crippen molar-refractivity contribution in [3.05, 3.63) is 40.6 Å². The van der Waals surface area contributed by atoms with Crippen LogP contribution in [-0.4, -0.2) is 31.9 Å². The fourth-order valence-electron chi connectivity index (χ4n) is 2.38. The van der Waals surface area contributed by atoms with Crippen molar-refractivity contribution in [1.29, 1.82) is 0 Å². The Bertz CT molecular complexity index is 568. The molecule has 120 valence electrons. The fourth-order valence-corrected chi connectivity index (χ4v) is 2.38. The van der Waals surface area contributed by atoms with Gasteiger partial charge in [-0.25, -0.2) is 4.39 Å². The third-order valence-corrected chi connectivity index (χ3v) is 4.50. The third-order valence-electron chi connectivity index (χ3n) is 4.50. The van der Waals surface area contributed by atoms with E-state index in [1.807, 2.05) is 46.9 Å². The van der Waals surface area contributed by atoms with Gasteiger partial charge >= 0.3 is 7.12 Å². The second-order valence-electron chi connectivity index (χ2n) is 6.82. The second kappa shape index (κ2) is 6.15. The Morgan fingerprint density at radius 2 is 1.82 bits per heavy atom. The van der Waals surface area contributed by atoms with Gasteiger partial charge in [-0.1, -0.05) is 24.3 Å². The van der Waals surface area contributed by atoms with Gasteiger partial charge in [-0.15, -0.1) is 0 Å². The summed E-state index contributed by atoms with van der Waals surface area (Å²) < 4.78 is 26.4. The van der Waals surface area contributed by atoms with E-state index in [1.165, 1.54) is 0 Å². The molecule has 22 heavy (non-hydrogen) atoms. The van der Waals surface area contributed by atoms with E-state index in [2.05, 4.69) is 5.32 Å². The van der Waals surface area contributed by atoms with Crippen LogP contribution in [0.3, 0.4) is 0 Å². The van der Waals surface area contributed by atoms with Crippen LogP contribution in [0.2, 0.25) is 0 Å². The molecule has 0 atom stereocenters. The van der Waals surface area contributed by atoms with Crippen LogP contribution in [-0.2, 0) is 9.31 Å². The van der Waals surface area contributed by atoms with E-state index in [-0.39, 0.29) is 5.82 Å². The Hall–Kier alpha value is -1.17. The molecule has 1 aromatic rings. The van der Waals surface area contributed by atoms with Gasteiger partial charge in [0, 0.05) is 12.1 Å². The Balaban J connectivity index is 2.35.